The van der Waals surface area contributed by atoms with Crippen molar-refractivity contribution in [3.63, 3.8) is 0 Å². The summed E-state index contributed by atoms with van der Waals surface area (Å²) in [4.78, 5) is 19.7. The molecule has 1 amide bonds. The number of methoxy groups -OCH3 is 1. The third kappa shape index (κ3) is 6.49. The first kappa shape index (κ1) is 24.0. The number of amides is 1. The molecule has 34 heavy (non-hydrogen) atoms. The summed E-state index contributed by atoms with van der Waals surface area (Å²) >= 11 is 6.02. The number of nitrogens with one attached hydrogen (secondary N) is 1. The van der Waals surface area contributed by atoms with E-state index in [0.717, 1.165) is 60.8 Å². The van der Waals surface area contributed by atoms with Gasteiger partial charge in [0.1, 0.15) is 18.1 Å². The number of hydrogen-bond donors (Lipinski definition) is 1. The number of rotatable bonds is 9. The van der Waals surface area contributed by atoms with E-state index >= 15 is 0 Å². The molecule has 6 nitrogen and oxygen atoms in total. The van der Waals surface area contributed by atoms with Crippen molar-refractivity contribution in [3.05, 3.63) is 77.6 Å². The predicted octanol–water partition coefficient (Wildman–Crippen LogP) is 4.82. The van der Waals surface area contributed by atoms with E-state index in [-0.39, 0.29) is 11.8 Å². The molecule has 0 saturated carbocycles. The molecule has 0 bridgehead atoms. The zero-order valence-electron chi connectivity index (χ0n) is 19.4. The Morgan fingerprint density at radius 2 is 1.76 bits per heavy atom. The average Bonchev–Trinajstić information content (AvgIpc) is 2.89. The van der Waals surface area contributed by atoms with E-state index in [1.807, 2.05) is 60.7 Å². The molecule has 0 aliphatic carbocycles. The molecule has 1 N–H and O–H groups in total. The zero-order valence-corrected chi connectivity index (χ0v) is 20.1. The first-order valence-electron chi connectivity index (χ1n) is 11.6. The number of likely N-dealkylation sites (tertiary alicyclic amines) is 1. The molecule has 1 aliphatic rings. The Hall–Kier alpha value is -3.09. The molecule has 1 aliphatic heterocycles. The summed E-state index contributed by atoms with van der Waals surface area (Å²) in [6.45, 7) is 3.66. The lowest BCUT2D eigenvalue weighted by Crippen LogP contribution is -2.41. The Labute approximate surface area is 205 Å². The number of halogens is 1. The van der Waals surface area contributed by atoms with Crippen LogP contribution in [0.25, 0.3) is 11.1 Å². The molecule has 7 heteroatoms. The van der Waals surface area contributed by atoms with Gasteiger partial charge in [-0.3, -0.25) is 14.7 Å². The summed E-state index contributed by atoms with van der Waals surface area (Å²) in [6, 6.07) is 19.2. The fourth-order valence-corrected chi connectivity index (χ4v) is 4.30. The first-order valence-corrected chi connectivity index (χ1v) is 12.0. The van der Waals surface area contributed by atoms with Crippen LogP contribution in [0.15, 0.2) is 66.9 Å². The third-order valence-corrected chi connectivity index (χ3v) is 6.42. The molecule has 0 radical (unpaired) electrons. The second-order valence-corrected chi connectivity index (χ2v) is 8.80. The van der Waals surface area contributed by atoms with Gasteiger partial charge in [-0.15, -0.1) is 0 Å². The van der Waals surface area contributed by atoms with E-state index in [1.54, 1.807) is 13.3 Å². The minimum atomic E-state index is 0.0291. The van der Waals surface area contributed by atoms with Gasteiger partial charge >= 0.3 is 0 Å². The molecule has 2 aromatic carbocycles. The van der Waals surface area contributed by atoms with Crippen LogP contribution in [0.4, 0.5) is 0 Å². The lowest BCUT2D eigenvalue weighted by Gasteiger charge is -2.31. The van der Waals surface area contributed by atoms with Crippen molar-refractivity contribution < 1.29 is 14.3 Å². The second-order valence-electron chi connectivity index (χ2n) is 8.36. The summed E-state index contributed by atoms with van der Waals surface area (Å²) in [7, 11) is 1.65. The maximum Gasteiger partial charge on any atom is 0.223 e. The maximum atomic E-state index is 12.8. The molecular formula is C27H30ClN3O3. The number of carbonyl (C=O) groups excluding carboxylic acids is 1. The molecule has 1 fully saturated rings. The van der Waals surface area contributed by atoms with Crippen LogP contribution in [0.3, 0.4) is 0 Å². The van der Waals surface area contributed by atoms with E-state index in [1.165, 1.54) is 0 Å². The van der Waals surface area contributed by atoms with Crippen LogP contribution >= 0.6 is 11.6 Å². The van der Waals surface area contributed by atoms with Gasteiger partial charge in [0.2, 0.25) is 5.91 Å². The third-order valence-electron chi connectivity index (χ3n) is 6.17. The van der Waals surface area contributed by atoms with Gasteiger partial charge in [0.05, 0.1) is 19.3 Å². The van der Waals surface area contributed by atoms with Gasteiger partial charge in [0.15, 0.2) is 0 Å². The van der Waals surface area contributed by atoms with E-state index in [2.05, 4.69) is 15.2 Å². The fourth-order valence-electron chi connectivity index (χ4n) is 4.17. The molecular weight excluding hydrogens is 450 g/mol. The smallest absolute Gasteiger partial charge is 0.223 e. The predicted molar refractivity (Wildman–Crippen MR) is 134 cm³/mol. The molecule has 3 aromatic rings. The Kier molecular flexibility index (Phi) is 8.39. The number of carbonyl (C=O) groups is 1. The van der Waals surface area contributed by atoms with Gasteiger partial charge in [0, 0.05) is 29.2 Å². The number of piperidine rings is 1. The average molecular weight is 480 g/mol. The number of aromatic nitrogens is 1. The highest BCUT2D eigenvalue weighted by Crippen LogP contribution is 2.24. The maximum absolute atomic E-state index is 12.8. The quantitative estimate of drug-likeness (QED) is 0.476. The van der Waals surface area contributed by atoms with Gasteiger partial charge in [-0.2, -0.15) is 0 Å². The van der Waals surface area contributed by atoms with Crippen LogP contribution in [-0.4, -0.2) is 49.1 Å². The molecule has 1 saturated heterocycles. The van der Waals surface area contributed by atoms with Crippen molar-refractivity contribution in [2.45, 2.75) is 19.4 Å². The molecule has 2 heterocycles. The lowest BCUT2D eigenvalue weighted by atomic mass is 9.95. The summed E-state index contributed by atoms with van der Waals surface area (Å²) in [5.74, 6) is 1.78. The van der Waals surface area contributed by atoms with Gasteiger partial charge in [0.25, 0.3) is 0 Å². The zero-order chi connectivity index (χ0) is 23.8. The number of pyridine rings is 1. The fraction of sp³-hybridized carbons (Fsp3) is 0.333. The van der Waals surface area contributed by atoms with E-state index < -0.39 is 0 Å². The summed E-state index contributed by atoms with van der Waals surface area (Å²) in [6.07, 6.45) is 3.45. The SMILES string of the molecule is COc1ccc(OCCN2CCC(C(=O)NCc3ncccc3-c3ccc(Cl)cc3)CC2)cc1. The Bertz CT molecular complexity index is 1070. The van der Waals surface area contributed by atoms with Gasteiger partial charge in [-0.25, -0.2) is 0 Å². The standard InChI is InChI=1S/C27H30ClN3O3/c1-33-23-8-10-24(11-9-23)34-18-17-31-15-12-21(13-16-31)27(32)30-19-26-25(3-2-14-29-26)20-4-6-22(28)7-5-20/h2-11,14,21H,12-13,15-19H2,1H3,(H,30,32). The summed E-state index contributed by atoms with van der Waals surface area (Å²) < 4.78 is 11.0. The molecule has 0 spiro atoms. The number of benzene rings is 2. The van der Waals surface area contributed by atoms with Crippen LogP contribution in [0.5, 0.6) is 11.5 Å². The highest BCUT2D eigenvalue weighted by atomic mass is 35.5. The summed E-state index contributed by atoms with van der Waals surface area (Å²) in [5.41, 5.74) is 2.89. The van der Waals surface area contributed by atoms with Gasteiger partial charge < -0.3 is 14.8 Å². The number of ether oxygens (including phenoxy) is 2. The van der Waals surface area contributed by atoms with E-state index in [4.69, 9.17) is 21.1 Å². The van der Waals surface area contributed by atoms with Crippen molar-refractivity contribution in [1.29, 1.82) is 0 Å². The Balaban J connectivity index is 1.21. The van der Waals surface area contributed by atoms with Crippen molar-refractivity contribution in [1.82, 2.24) is 15.2 Å². The molecule has 178 valence electrons. The van der Waals surface area contributed by atoms with Crippen LogP contribution in [0.1, 0.15) is 18.5 Å². The van der Waals surface area contributed by atoms with E-state index in [0.29, 0.717) is 18.2 Å². The lowest BCUT2D eigenvalue weighted by molar-refractivity contribution is -0.126. The van der Waals surface area contributed by atoms with Crippen molar-refractivity contribution in [2.75, 3.05) is 33.4 Å². The first-order chi connectivity index (χ1) is 16.6. The highest BCUT2D eigenvalue weighted by molar-refractivity contribution is 6.30. The number of nitrogens with zero attached hydrogens (tertiary/aromatic N) is 2. The topological polar surface area (TPSA) is 63.7 Å². The monoisotopic (exact) mass is 479 g/mol. The van der Waals surface area contributed by atoms with Crippen molar-refractivity contribution in [2.24, 2.45) is 5.92 Å². The van der Waals surface area contributed by atoms with Crippen LogP contribution in [0.2, 0.25) is 5.02 Å². The Morgan fingerprint density at radius 1 is 1.06 bits per heavy atom. The van der Waals surface area contributed by atoms with Crippen molar-refractivity contribution >= 4 is 17.5 Å². The normalized spacial score (nSPS) is 14.5. The second kappa shape index (κ2) is 11.9. The van der Waals surface area contributed by atoms with Crippen molar-refractivity contribution in [3.8, 4) is 22.6 Å². The molecule has 0 unspecified atom stereocenters. The Morgan fingerprint density at radius 3 is 2.47 bits per heavy atom. The van der Waals surface area contributed by atoms with Gasteiger partial charge in [-0.05, 0) is 74.0 Å². The van der Waals surface area contributed by atoms with E-state index in [9.17, 15) is 4.79 Å². The largest absolute Gasteiger partial charge is 0.497 e. The minimum absolute atomic E-state index is 0.0291. The number of hydrogen-bond acceptors (Lipinski definition) is 5. The molecule has 1 aromatic heterocycles. The molecule has 0 atom stereocenters. The van der Waals surface area contributed by atoms with Crippen LogP contribution in [-0.2, 0) is 11.3 Å². The molecule has 4 rings (SSSR count). The van der Waals surface area contributed by atoms with Crippen LogP contribution < -0.4 is 14.8 Å². The highest BCUT2D eigenvalue weighted by Gasteiger charge is 2.25. The van der Waals surface area contributed by atoms with Gasteiger partial charge in [-0.1, -0.05) is 29.8 Å². The summed E-state index contributed by atoms with van der Waals surface area (Å²) in [5, 5.41) is 3.79. The van der Waals surface area contributed by atoms with Crippen LogP contribution in [0, 0.1) is 5.92 Å². The minimum Gasteiger partial charge on any atom is -0.497 e.